The number of imide groups is 1. The zero-order valence-electron chi connectivity index (χ0n) is 6.74. The Kier molecular flexibility index (Phi) is 2.20. The van der Waals surface area contributed by atoms with Crippen molar-refractivity contribution < 1.29 is 9.59 Å². The minimum absolute atomic E-state index is 0.196. The Morgan fingerprint density at radius 3 is 2.92 bits per heavy atom. The van der Waals surface area contributed by atoms with E-state index in [0.717, 1.165) is 5.56 Å². The van der Waals surface area contributed by atoms with Gasteiger partial charge in [-0.2, -0.15) is 0 Å². The summed E-state index contributed by atoms with van der Waals surface area (Å²) in [7, 11) is 0. The monoisotopic (exact) mass is 244 g/mol. The number of hydrogen-bond acceptors (Lipinski definition) is 2. The summed E-state index contributed by atoms with van der Waals surface area (Å²) in [6.45, 7) is 0.414. The molecule has 0 aliphatic carbocycles. The maximum absolute atomic E-state index is 11.4. The Hall–Kier alpha value is -1.06. The Labute approximate surface area is 81.1 Å². The predicted molar refractivity (Wildman–Crippen MR) is 47.7 cm³/mol. The first-order valence-electron chi connectivity index (χ1n) is 3.88. The van der Waals surface area contributed by atoms with Crippen LogP contribution >= 0.6 is 0 Å². The second kappa shape index (κ2) is 3.36. The van der Waals surface area contributed by atoms with E-state index in [4.69, 9.17) is 0 Å². The molecule has 1 unspecified atom stereocenters. The van der Waals surface area contributed by atoms with E-state index in [9.17, 15) is 9.59 Å². The van der Waals surface area contributed by atoms with Gasteiger partial charge in [0.05, 0.1) is 0 Å². The Morgan fingerprint density at radius 2 is 2.31 bits per heavy atom. The fourth-order valence-corrected chi connectivity index (χ4v) is 2.77. The molecule has 1 aliphatic rings. The molecule has 2 N–H and O–H groups in total. The van der Waals surface area contributed by atoms with Gasteiger partial charge in [-0.15, -0.1) is 0 Å². The summed E-state index contributed by atoms with van der Waals surface area (Å²) in [6.07, 6.45) is 0. The molecule has 0 saturated carbocycles. The predicted octanol–water partition coefficient (Wildman–Crippen LogP) is -0.333. The molecule has 5 heteroatoms. The Morgan fingerprint density at radius 1 is 1.46 bits per heavy atom. The van der Waals surface area contributed by atoms with Gasteiger partial charge in [0, 0.05) is 0 Å². The van der Waals surface area contributed by atoms with E-state index in [0.29, 0.717) is 21.0 Å². The van der Waals surface area contributed by atoms with Crippen molar-refractivity contribution in [2.24, 2.45) is 0 Å². The van der Waals surface area contributed by atoms with Crippen LogP contribution in [0.5, 0.6) is 0 Å². The van der Waals surface area contributed by atoms with Gasteiger partial charge in [-0.1, -0.05) is 0 Å². The first kappa shape index (κ1) is 8.53. The van der Waals surface area contributed by atoms with Crippen molar-refractivity contribution in [2.75, 3.05) is 6.54 Å². The van der Waals surface area contributed by atoms with Gasteiger partial charge in [0.1, 0.15) is 0 Å². The Balaban J connectivity index is 2.17. The molecule has 1 atom stereocenters. The number of carbonyl (C=O) groups excluding carboxylic acids is 2. The maximum atomic E-state index is 11.4. The molecule has 1 aromatic rings. The van der Waals surface area contributed by atoms with Gasteiger partial charge in [0.25, 0.3) is 0 Å². The van der Waals surface area contributed by atoms with Gasteiger partial charge < -0.3 is 0 Å². The average molecular weight is 243 g/mol. The standard InChI is InChI=1S/C8H8N2O2Se/c11-7-6(3-9-8(12)10-7)5-1-2-13-4-5/h1-2,4,6H,3H2,(H2,9,10,11,12). The topological polar surface area (TPSA) is 58.2 Å². The molecule has 0 bridgehead atoms. The van der Waals surface area contributed by atoms with E-state index in [1.54, 1.807) is 0 Å². The third-order valence-electron chi connectivity index (χ3n) is 1.97. The van der Waals surface area contributed by atoms with Crippen molar-refractivity contribution in [3.63, 3.8) is 0 Å². The number of urea groups is 1. The van der Waals surface area contributed by atoms with Crippen LogP contribution in [0.2, 0.25) is 0 Å². The van der Waals surface area contributed by atoms with Crippen LogP contribution < -0.4 is 10.6 Å². The van der Waals surface area contributed by atoms with Crippen LogP contribution in [0.4, 0.5) is 4.79 Å². The number of amides is 3. The number of hydrogen-bond donors (Lipinski definition) is 2. The van der Waals surface area contributed by atoms with Gasteiger partial charge >= 0.3 is 80.6 Å². The molecule has 0 aromatic carbocycles. The zero-order valence-corrected chi connectivity index (χ0v) is 8.45. The van der Waals surface area contributed by atoms with Crippen LogP contribution in [0.1, 0.15) is 11.5 Å². The van der Waals surface area contributed by atoms with Crippen LogP contribution in [-0.2, 0) is 4.79 Å². The van der Waals surface area contributed by atoms with Crippen molar-refractivity contribution in [1.82, 2.24) is 10.6 Å². The molecule has 0 spiro atoms. The summed E-state index contributed by atoms with van der Waals surface area (Å²) in [5.41, 5.74) is 1.03. The van der Waals surface area contributed by atoms with Crippen molar-refractivity contribution in [1.29, 1.82) is 0 Å². The van der Waals surface area contributed by atoms with Gasteiger partial charge in [-0.25, -0.2) is 0 Å². The number of carbonyl (C=O) groups is 2. The van der Waals surface area contributed by atoms with Crippen molar-refractivity contribution in [2.45, 2.75) is 5.92 Å². The summed E-state index contributed by atoms with van der Waals surface area (Å²) >= 11 is 0.386. The van der Waals surface area contributed by atoms with Gasteiger partial charge in [0.15, 0.2) is 0 Å². The molecule has 2 heterocycles. The summed E-state index contributed by atoms with van der Waals surface area (Å²) in [6, 6.07) is 1.57. The normalized spacial score (nSPS) is 22.3. The van der Waals surface area contributed by atoms with E-state index < -0.39 is 6.03 Å². The quantitative estimate of drug-likeness (QED) is 0.663. The van der Waals surface area contributed by atoms with Crippen molar-refractivity contribution in [3.05, 3.63) is 21.5 Å². The van der Waals surface area contributed by atoms with E-state index in [-0.39, 0.29) is 11.8 Å². The second-order valence-corrected chi connectivity index (χ2v) is 4.45. The first-order chi connectivity index (χ1) is 6.27. The molecule has 1 aliphatic heterocycles. The fourth-order valence-electron chi connectivity index (χ4n) is 1.27. The van der Waals surface area contributed by atoms with Crippen LogP contribution in [0.15, 0.2) is 15.9 Å². The van der Waals surface area contributed by atoms with E-state index in [2.05, 4.69) is 20.5 Å². The molecule has 3 amide bonds. The van der Waals surface area contributed by atoms with Crippen LogP contribution in [0, 0.1) is 0 Å². The van der Waals surface area contributed by atoms with E-state index in [1.165, 1.54) is 0 Å². The van der Waals surface area contributed by atoms with E-state index >= 15 is 0 Å². The molecule has 13 heavy (non-hydrogen) atoms. The van der Waals surface area contributed by atoms with Crippen molar-refractivity contribution >= 4 is 26.4 Å². The third kappa shape index (κ3) is 1.66. The molecule has 0 radical (unpaired) electrons. The molecular formula is C8H8N2O2Se. The fraction of sp³-hybridized carbons (Fsp3) is 0.250. The molecule has 4 nitrogen and oxygen atoms in total. The van der Waals surface area contributed by atoms with Crippen LogP contribution in [0.3, 0.4) is 0 Å². The third-order valence-corrected chi connectivity index (χ3v) is 3.44. The molecule has 1 saturated heterocycles. The SMILES string of the molecule is O=C1NCC(c2cc[se]c2)C(=O)N1. The molecule has 1 aromatic heterocycles. The summed E-state index contributed by atoms with van der Waals surface area (Å²) in [4.78, 5) is 26.2. The molecule has 2 rings (SSSR count). The molecule has 68 valence electrons. The minimum atomic E-state index is -0.394. The summed E-state index contributed by atoms with van der Waals surface area (Å²) in [5, 5.41) is 4.85. The van der Waals surface area contributed by atoms with E-state index in [1.807, 2.05) is 6.07 Å². The Bertz CT molecular complexity index is 334. The number of nitrogens with one attached hydrogen (secondary N) is 2. The van der Waals surface area contributed by atoms with Gasteiger partial charge in [-0.05, 0) is 0 Å². The van der Waals surface area contributed by atoms with Crippen LogP contribution in [-0.4, -0.2) is 33.0 Å². The van der Waals surface area contributed by atoms with Gasteiger partial charge in [0.2, 0.25) is 0 Å². The van der Waals surface area contributed by atoms with Crippen LogP contribution in [0.25, 0.3) is 0 Å². The molecular weight excluding hydrogens is 235 g/mol. The van der Waals surface area contributed by atoms with Crippen molar-refractivity contribution in [3.8, 4) is 0 Å². The molecule has 1 fully saturated rings. The van der Waals surface area contributed by atoms with Gasteiger partial charge in [-0.3, -0.25) is 0 Å². The summed E-state index contributed by atoms with van der Waals surface area (Å²) in [5.74, 6) is -0.393. The summed E-state index contributed by atoms with van der Waals surface area (Å²) < 4.78 is 0. The zero-order chi connectivity index (χ0) is 9.26. The second-order valence-electron chi connectivity index (χ2n) is 2.81. The number of rotatable bonds is 1. The first-order valence-corrected chi connectivity index (χ1v) is 5.86. The average Bonchev–Trinajstić information content (AvgIpc) is 2.56.